The molecule has 1 saturated heterocycles. The van der Waals surface area contributed by atoms with Crippen LogP contribution in [-0.4, -0.2) is 22.2 Å². The van der Waals surface area contributed by atoms with Crippen molar-refractivity contribution >= 4 is 23.5 Å². The molecule has 0 aromatic heterocycles. The summed E-state index contributed by atoms with van der Waals surface area (Å²) < 4.78 is 0. The minimum Gasteiger partial charge on any atom is -0.360 e. The molecule has 0 saturated carbocycles. The van der Waals surface area contributed by atoms with Crippen molar-refractivity contribution in [3.63, 3.8) is 0 Å². The molecule has 7 unspecified atom stereocenters. The van der Waals surface area contributed by atoms with Gasteiger partial charge in [-0.25, -0.2) is 0 Å². The largest absolute Gasteiger partial charge is 0.360 e. The van der Waals surface area contributed by atoms with Crippen LogP contribution >= 0.6 is 23.5 Å². The molecule has 0 aromatic carbocycles. The Morgan fingerprint density at radius 3 is 2.58 bits per heavy atom. The van der Waals surface area contributed by atoms with E-state index in [-0.39, 0.29) is 5.41 Å². The number of allylic oxidation sites excluding steroid dienone is 24. The van der Waals surface area contributed by atoms with Crippen molar-refractivity contribution in [3.8, 4) is 0 Å². The lowest BCUT2D eigenvalue weighted by Gasteiger charge is -2.56. The van der Waals surface area contributed by atoms with E-state index >= 15 is 0 Å². The van der Waals surface area contributed by atoms with Crippen LogP contribution in [-0.2, 0) is 0 Å². The van der Waals surface area contributed by atoms with Crippen molar-refractivity contribution in [2.24, 2.45) is 23.2 Å². The second-order valence-corrected chi connectivity index (χ2v) is 18.4. The third kappa shape index (κ3) is 4.70. The smallest absolute Gasteiger partial charge is 0.0583 e. The van der Waals surface area contributed by atoms with Gasteiger partial charge < -0.3 is 4.90 Å². The summed E-state index contributed by atoms with van der Waals surface area (Å²) in [7, 11) is 0. The zero-order valence-corrected chi connectivity index (χ0v) is 31.6. The van der Waals surface area contributed by atoms with Gasteiger partial charge in [0, 0.05) is 43.4 Å². The van der Waals surface area contributed by atoms with Gasteiger partial charge in [-0.05, 0) is 97.6 Å². The van der Waals surface area contributed by atoms with E-state index in [1.807, 2.05) is 0 Å². The lowest BCUT2D eigenvalue weighted by atomic mass is 9.55. The topological polar surface area (TPSA) is 3.24 Å². The Morgan fingerprint density at radius 2 is 1.65 bits per heavy atom. The van der Waals surface area contributed by atoms with Gasteiger partial charge in [0.2, 0.25) is 0 Å². The Balaban J connectivity index is 1.05. The lowest BCUT2D eigenvalue weighted by Crippen LogP contribution is -2.47. The van der Waals surface area contributed by atoms with Gasteiger partial charge in [-0.1, -0.05) is 145 Å². The molecule has 11 rings (SSSR count). The van der Waals surface area contributed by atoms with E-state index in [0.717, 1.165) is 51.4 Å². The Labute approximate surface area is 318 Å². The average Bonchev–Trinajstić information content (AvgIpc) is 3.56. The van der Waals surface area contributed by atoms with Gasteiger partial charge in [0.05, 0.1) is 17.5 Å². The van der Waals surface area contributed by atoms with Gasteiger partial charge in [-0.2, -0.15) is 0 Å². The number of fused-ring (bicyclic) bond motifs is 8. The minimum absolute atomic E-state index is 0.111. The van der Waals surface area contributed by atoms with Gasteiger partial charge in [0.25, 0.3) is 0 Å². The maximum Gasteiger partial charge on any atom is 0.0583 e. The number of nitrogens with zero attached hydrogens (tertiary/aromatic N) is 1. The fourth-order valence-corrected chi connectivity index (χ4v) is 14.5. The van der Waals surface area contributed by atoms with E-state index < -0.39 is 0 Å². The molecule has 1 fully saturated rings. The molecule has 3 aliphatic heterocycles. The Bertz CT molecular complexity index is 2140. The number of hydrogen-bond donors (Lipinski definition) is 0. The zero-order chi connectivity index (χ0) is 34.2. The molecule has 1 spiro atoms. The first-order valence-electron chi connectivity index (χ1n) is 20.0. The molecule has 0 N–H and O–H groups in total. The van der Waals surface area contributed by atoms with E-state index in [0.29, 0.717) is 35.1 Å². The summed E-state index contributed by atoms with van der Waals surface area (Å²) in [4.78, 5) is 7.52. The molecule has 8 aliphatic carbocycles. The summed E-state index contributed by atoms with van der Waals surface area (Å²) >= 11 is 4.29. The quantitative estimate of drug-likeness (QED) is 0.287. The van der Waals surface area contributed by atoms with E-state index in [4.69, 9.17) is 0 Å². The van der Waals surface area contributed by atoms with Gasteiger partial charge in [-0.15, -0.1) is 11.8 Å². The molecular weight excluding hydrogens is 667 g/mol. The fraction of sp³-hybridized carbons (Fsp3) is 0.347. The third-order valence-electron chi connectivity index (χ3n) is 13.5. The second kappa shape index (κ2) is 12.7. The van der Waals surface area contributed by atoms with Crippen molar-refractivity contribution in [2.45, 2.75) is 81.5 Å². The number of hydrogen-bond acceptors (Lipinski definition) is 3. The predicted molar refractivity (Wildman–Crippen MR) is 222 cm³/mol. The van der Waals surface area contributed by atoms with E-state index in [9.17, 15) is 0 Å². The average molecular weight is 714 g/mol. The fourth-order valence-electron chi connectivity index (χ4n) is 11.4. The maximum absolute atomic E-state index is 2.79. The highest BCUT2D eigenvalue weighted by atomic mass is 32.2. The predicted octanol–water partition coefficient (Wildman–Crippen LogP) is 12.5. The van der Waals surface area contributed by atoms with Crippen molar-refractivity contribution < 1.29 is 0 Å². The van der Waals surface area contributed by atoms with Crippen LogP contribution in [0.3, 0.4) is 0 Å². The molecule has 3 heteroatoms. The van der Waals surface area contributed by atoms with E-state index in [1.165, 1.54) is 24.0 Å². The van der Waals surface area contributed by atoms with Crippen LogP contribution in [0.2, 0.25) is 0 Å². The van der Waals surface area contributed by atoms with Crippen molar-refractivity contribution in [3.05, 3.63) is 187 Å². The minimum atomic E-state index is -0.111. The normalized spacial score (nSPS) is 36.5. The molecule has 7 atom stereocenters. The van der Waals surface area contributed by atoms with Crippen LogP contribution in [0.1, 0.15) is 64.2 Å². The molecular formula is C49H47NS2. The van der Waals surface area contributed by atoms with Crippen molar-refractivity contribution in [1.29, 1.82) is 0 Å². The Kier molecular flexibility index (Phi) is 7.80. The highest BCUT2D eigenvalue weighted by Gasteiger charge is 2.58. The van der Waals surface area contributed by atoms with E-state index in [2.05, 4.69) is 156 Å². The standard InChI is InChI=1S/C49H47NS2/c1-3-15-32(16-4-1)36-21-13-24-41-48(36)52-45-28-12-9-23-39(45)49(41)38-22-8-11-27-44(38)51-46-31-33(29-30-40(46)49)35-20-14-26-43-47(35)37-19-7-10-25-42(37)50(43)34-17-5-2-6-18-34/h1-3,5-7,10,12-13,15,17,19-20,22,24-25,27-31,34,36-37,40,42,46H,4,8-9,11,14,16,18,21,23,26H2. The Hall–Kier alpha value is -3.66. The molecule has 0 amide bonds. The molecule has 3 heterocycles. The highest BCUT2D eigenvalue weighted by molar-refractivity contribution is 8.07. The first kappa shape index (κ1) is 31.8. The summed E-state index contributed by atoms with van der Waals surface area (Å²) in [5, 5.41) is 0.386. The van der Waals surface area contributed by atoms with Gasteiger partial charge >= 0.3 is 0 Å². The summed E-state index contributed by atoms with van der Waals surface area (Å²) in [6, 6.07) is 0.839. The van der Waals surface area contributed by atoms with Gasteiger partial charge in [0.15, 0.2) is 0 Å². The van der Waals surface area contributed by atoms with Crippen LogP contribution in [0.5, 0.6) is 0 Å². The molecule has 1 nitrogen and oxygen atoms in total. The first-order valence-corrected chi connectivity index (χ1v) is 21.7. The van der Waals surface area contributed by atoms with Crippen molar-refractivity contribution in [1.82, 2.24) is 4.90 Å². The van der Waals surface area contributed by atoms with Crippen LogP contribution in [0.4, 0.5) is 0 Å². The third-order valence-corrected chi connectivity index (χ3v) is 16.2. The number of rotatable bonds is 3. The second-order valence-electron chi connectivity index (χ2n) is 16.1. The molecule has 0 bridgehead atoms. The van der Waals surface area contributed by atoms with E-state index in [1.54, 1.807) is 48.3 Å². The van der Waals surface area contributed by atoms with Crippen LogP contribution < -0.4 is 0 Å². The number of thioether (sulfide) groups is 2. The zero-order valence-electron chi connectivity index (χ0n) is 29.9. The molecule has 0 radical (unpaired) electrons. The SMILES string of the molecule is C1=CCCC(C2CC=CC3=C2SC2=C(CCC=C2)C32C3=CCCC=C3SC3C=C(C4=CCCC5=C4C4C=CC=CC4N5C4C=CC=CC4)C=CC32)=C1. The van der Waals surface area contributed by atoms with Gasteiger partial charge in [0.1, 0.15) is 0 Å². The summed E-state index contributed by atoms with van der Waals surface area (Å²) in [6.07, 6.45) is 63.3. The summed E-state index contributed by atoms with van der Waals surface area (Å²) in [6.45, 7) is 0. The molecule has 52 heavy (non-hydrogen) atoms. The summed E-state index contributed by atoms with van der Waals surface area (Å²) in [5.41, 5.74) is 12.6. The first-order chi connectivity index (χ1) is 25.8. The van der Waals surface area contributed by atoms with Crippen molar-refractivity contribution in [2.75, 3.05) is 0 Å². The van der Waals surface area contributed by atoms with Gasteiger partial charge in [-0.3, -0.25) is 0 Å². The monoisotopic (exact) mass is 713 g/mol. The summed E-state index contributed by atoms with van der Waals surface area (Å²) in [5.74, 6) is 1.29. The highest BCUT2D eigenvalue weighted by Crippen LogP contribution is 2.70. The molecule has 11 aliphatic rings. The molecule has 260 valence electrons. The van der Waals surface area contributed by atoms with Crippen LogP contribution in [0.15, 0.2) is 187 Å². The molecule has 0 aromatic rings. The Morgan fingerprint density at radius 1 is 0.731 bits per heavy atom. The maximum atomic E-state index is 2.79. The van der Waals surface area contributed by atoms with Crippen LogP contribution in [0.25, 0.3) is 0 Å². The lowest BCUT2D eigenvalue weighted by molar-refractivity contribution is 0.244. The van der Waals surface area contributed by atoms with Crippen LogP contribution in [0, 0.1) is 23.2 Å².